The van der Waals surface area contributed by atoms with Gasteiger partial charge in [0.15, 0.2) is 0 Å². The van der Waals surface area contributed by atoms with Crippen LogP contribution in [-0.4, -0.2) is 37.2 Å². The monoisotopic (exact) mass is 332 g/mol. The third-order valence-electron chi connectivity index (χ3n) is 4.87. The van der Waals surface area contributed by atoms with Crippen molar-refractivity contribution in [3.63, 3.8) is 0 Å². The normalized spacial score (nSPS) is 20.6. The van der Waals surface area contributed by atoms with Crippen molar-refractivity contribution in [2.24, 2.45) is 5.92 Å². The number of ether oxygens (including phenoxy) is 1. The van der Waals surface area contributed by atoms with Gasteiger partial charge in [-0.1, -0.05) is 37.3 Å². The molecule has 1 N–H and O–H groups in total. The highest BCUT2D eigenvalue weighted by Gasteiger charge is 2.22. The molecule has 1 aromatic rings. The van der Waals surface area contributed by atoms with Crippen molar-refractivity contribution in [2.45, 2.75) is 58.0 Å². The fraction of sp³-hybridized carbons (Fsp3) is 0.650. The van der Waals surface area contributed by atoms with E-state index in [1.54, 1.807) is 7.11 Å². The first kappa shape index (κ1) is 18.8. The summed E-state index contributed by atoms with van der Waals surface area (Å²) in [5.41, 5.74) is 1.18. The van der Waals surface area contributed by atoms with Gasteiger partial charge in [-0.25, -0.2) is 4.79 Å². The number of carbonyl (C=O) groups excluding carboxylic acids is 1. The summed E-state index contributed by atoms with van der Waals surface area (Å²) in [4.78, 5) is 14.7. The predicted octanol–water partition coefficient (Wildman–Crippen LogP) is 4.20. The first-order valence-corrected chi connectivity index (χ1v) is 9.27. The highest BCUT2D eigenvalue weighted by Crippen LogP contribution is 2.23. The minimum atomic E-state index is 0.0795. The van der Waals surface area contributed by atoms with E-state index in [-0.39, 0.29) is 6.03 Å². The van der Waals surface area contributed by atoms with Crippen LogP contribution in [0.4, 0.5) is 4.79 Å². The number of nitrogens with zero attached hydrogens (tertiary/aromatic N) is 1. The van der Waals surface area contributed by atoms with Crippen molar-refractivity contribution in [1.29, 1.82) is 0 Å². The maximum absolute atomic E-state index is 12.7. The second-order valence-corrected chi connectivity index (χ2v) is 7.01. The summed E-state index contributed by atoms with van der Waals surface area (Å²) in [6.45, 7) is 4.49. The Labute approximate surface area is 146 Å². The molecule has 1 saturated carbocycles. The van der Waals surface area contributed by atoms with E-state index < -0.39 is 0 Å². The lowest BCUT2D eigenvalue weighted by Gasteiger charge is -2.30. The van der Waals surface area contributed by atoms with Crippen molar-refractivity contribution in [2.75, 3.05) is 20.3 Å². The highest BCUT2D eigenvalue weighted by molar-refractivity contribution is 5.74. The molecule has 0 aromatic heterocycles. The number of rotatable bonds is 8. The molecule has 1 aliphatic rings. The van der Waals surface area contributed by atoms with E-state index in [0.717, 1.165) is 44.8 Å². The lowest BCUT2D eigenvalue weighted by atomic mass is 9.87. The molecule has 0 aliphatic heterocycles. The topological polar surface area (TPSA) is 41.6 Å². The van der Waals surface area contributed by atoms with Crippen LogP contribution in [-0.2, 0) is 11.3 Å². The van der Waals surface area contributed by atoms with Gasteiger partial charge in [0.1, 0.15) is 0 Å². The van der Waals surface area contributed by atoms with E-state index in [0.29, 0.717) is 12.6 Å². The van der Waals surface area contributed by atoms with Crippen molar-refractivity contribution in [3.05, 3.63) is 35.9 Å². The van der Waals surface area contributed by atoms with E-state index in [4.69, 9.17) is 4.74 Å². The number of amides is 2. The molecular weight excluding hydrogens is 300 g/mol. The summed E-state index contributed by atoms with van der Waals surface area (Å²) in [5, 5.41) is 3.26. The summed E-state index contributed by atoms with van der Waals surface area (Å²) in [7, 11) is 1.72. The Hall–Kier alpha value is -1.55. The van der Waals surface area contributed by atoms with Crippen molar-refractivity contribution < 1.29 is 9.53 Å². The average molecular weight is 332 g/mol. The van der Waals surface area contributed by atoms with Crippen LogP contribution >= 0.6 is 0 Å². The molecular formula is C20H32N2O2. The van der Waals surface area contributed by atoms with E-state index in [1.165, 1.54) is 18.4 Å². The lowest BCUT2D eigenvalue weighted by Crippen LogP contribution is -2.46. The second kappa shape index (κ2) is 10.3. The quantitative estimate of drug-likeness (QED) is 0.725. The summed E-state index contributed by atoms with van der Waals surface area (Å²) in [6, 6.07) is 10.6. The third kappa shape index (κ3) is 6.52. The first-order valence-electron chi connectivity index (χ1n) is 9.27. The molecule has 0 heterocycles. The number of methoxy groups -OCH3 is 1. The number of unbranched alkanes of at least 4 members (excludes halogenated alkanes) is 1. The zero-order valence-electron chi connectivity index (χ0n) is 15.2. The van der Waals surface area contributed by atoms with E-state index in [2.05, 4.69) is 24.4 Å². The van der Waals surface area contributed by atoms with Gasteiger partial charge < -0.3 is 15.0 Å². The zero-order valence-corrected chi connectivity index (χ0v) is 15.2. The molecule has 0 atom stereocenters. The number of urea groups is 1. The molecule has 0 saturated heterocycles. The van der Waals surface area contributed by atoms with Gasteiger partial charge in [0, 0.05) is 32.8 Å². The van der Waals surface area contributed by atoms with Gasteiger partial charge in [-0.15, -0.1) is 0 Å². The largest absolute Gasteiger partial charge is 0.385 e. The van der Waals surface area contributed by atoms with Crippen molar-refractivity contribution >= 4 is 6.03 Å². The van der Waals surface area contributed by atoms with E-state index >= 15 is 0 Å². The van der Waals surface area contributed by atoms with Crippen LogP contribution in [0.3, 0.4) is 0 Å². The van der Waals surface area contributed by atoms with Crippen LogP contribution in [0.15, 0.2) is 30.3 Å². The van der Waals surface area contributed by atoms with E-state index in [9.17, 15) is 4.79 Å². The van der Waals surface area contributed by atoms with Gasteiger partial charge in [-0.2, -0.15) is 0 Å². The van der Waals surface area contributed by atoms with Crippen LogP contribution in [0.25, 0.3) is 0 Å². The maximum atomic E-state index is 12.7. The summed E-state index contributed by atoms with van der Waals surface area (Å²) in [5.74, 6) is 0.799. The third-order valence-corrected chi connectivity index (χ3v) is 4.87. The Balaban J connectivity index is 1.88. The van der Waals surface area contributed by atoms with Gasteiger partial charge >= 0.3 is 6.03 Å². The van der Waals surface area contributed by atoms with E-state index in [1.807, 2.05) is 23.1 Å². The molecule has 24 heavy (non-hydrogen) atoms. The Morgan fingerprint density at radius 2 is 1.88 bits per heavy atom. The molecule has 2 amide bonds. The van der Waals surface area contributed by atoms with Gasteiger partial charge in [0.2, 0.25) is 0 Å². The van der Waals surface area contributed by atoms with Gasteiger partial charge in [-0.3, -0.25) is 0 Å². The molecule has 1 aliphatic carbocycles. The molecule has 4 nitrogen and oxygen atoms in total. The predicted molar refractivity (Wildman–Crippen MR) is 97.9 cm³/mol. The fourth-order valence-electron chi connectivity index (χ4n) is 3.28. The Kier molecular flexibility index (Phi) is 8.10. The van der Waals surface area contributed by atoms with Crippen LogP contribution in [0.5, 0.6) is 0 Å². The lowest BCUT2D eigenvalue weighted by molar-refractivity contribution is 0.172. The molecule has 4 heteroatoms. The molecule has 134 valence electrons. The van der Waals surface area contributed by atoms with Gasteiger partial charge in [-0.05, 0) is 50.0 Å². The number of benzene rings is 1. The standard InChI is InChI=1S/C20H32N2O2/c1-17-10-12-19(13-11-17)21-20(23)22(14-6-7-15-24-2)16-18-8-4-3-5-9-18/h3-5,8-9,17,19H,6-7,10-16H2,1-2H3,(H,21,23). The Morgan fingerprint density at radius 1 is 1.17 bits per heavy atom. The number of hydrogen-bond acceptors (Lipinski definition) is 2. The van der Waals surface area contributed by atoms with Crippen LogP contribution < -0.4 is 5.32 Å². The van der Waals surface area contributed by atoms with Gasteiger partial charge in [0.25, 0.3) is 0 Å². The number of carbonyl (C=O) groups is 1. The highest BCUT2D eigenvalue weighted by atomic mass is 16.5. The minimum Gasteiger partial charge on any atom is -0.385 e. The number of nitrogens with one attached hydrogen (secondary N) is 1. The molecule has 0 radical (unpaired) electrons. The second-order valence-electron chi connectivity index (χ2n) is 7.01. The Morgan fingerprint density at radius 3 is 2.54 bits per heavy atom. The SMILES string of the molecule is COCCCCN(Cc1ccccc1)C(=O)NC1CCC(C)CC1. The minimum absolute atomic E-state index is 0.0795. The zero-order chi connectivity index (χ0) is 17.2. The summed E-state index contributed by atoms with van der Waals surface area (Å²) in [6.07, 6.45) is 6.60. The van der Waals surface area contributed by atoms with Crippen molar-refractivity contribution in [1.82, 2.24) is 10.2 Å². The molecule has 0 unspecified atom stereocenters. The van der Waals surface area contributed by atoms with Crippen molar-refractivity contribution in [3.8, 4) is 0 Å². The summed E-state index contributed by atoms with van der Waals surface area (Å²) < 4.78 is 5.11. The summed E-state index contributed by atoms with van der Waals surface area (Å²) >= 11 is 0. The smallest absolute Gasteiger partial charge is 0.317 e. The van der Waals surface area contributed by atoms with Crippen LogP contribution in [0.2, 0.25) is 0 Å². The fourth-order valence-corrected chi connectivity index (χ4v) is 3.28. The first-order chi connectivity index (χ1) is 11.7. The van der Waals surface area contributed by atoms with Crippen LogP contribution in [0, 0.1) is 5.92 Å². The molecule has 1 aromatic carbocycles. The maximum Gasteiger partial charge on any atom is 0.317 e. The average Bonchev–Trinajstić information content (AvgIpc) is 2.60. The van der Waals surface area contributed by atoms with Crippen LogP contribution in [0.1, 0.15) is 51.0 Å². The molecule has 1 fully saturated rings. The molecule has 2 rings (SSSR count). The van der Waals surface area contributed by atoms with Gasteiger partial charge in [0.05, 0.1) is 0 Å². The molecule has 0 bridgehead atoms. The number of hydrogen-bond donors (Lipinski definition) is 1. The molecule has 0 spiro atoms. The Bertz CT molecular complexity index is 470.